The molecule has 6 heteroatoms. The Kier molecular flexibility index (Phi) is 5.97. The van der Waals surface area contributed by atoms with Crippen molar-refractivity contribution >= 4 is 34.1 Å². The Labute approximate surface area is 138 Å². The van der Waals surface area contributed by atoms with Gasteiger partial charge in [-0.15, -0.1) is 11.3 Å². The van der Waals surface area contributed by atoms with Crippen LogP contribution in [0.1, 0.15) is 13.8 Å². The summed E-state index contributed by atoms with van der Waals surface area (Å²) in [5.74, 6) is 1.78. The average molecular weight is 338 g/mol. The van der Waals surface area contributed by atoms with Crippen molar-refractivity contribution in [3.8, 4) is 11.3 Å². The third-order valence-electron chi connectivity index (χ3n) is 2.97. The van der Waals surface area contributed by atoms with E-state index in [4.69, 9.17) is 0 Å². The Morgan fingerprint density at radius 2 is 2.05 bits per heavy atom. The lowest BCUT2D eigenvalue weighted by atomic mass is 10.2. The second-order valence-corrected chi connectivity index (χ2v) is 7.25. The molecule has 1 aromatic heterocycles. The summed E-state index contributed by atoms with van der Waals surface area (Å²) in [7, 11) is 1.74. The van der Waals surface area contributed by atoms with Crippen molar-refractivity contribution < 1.29 is 9.18 Å². The zero-order valence-corrected chi connectivity index (χ0v) is 14.5. The van der Waals surface area contributed by atoms with E-state index in [-0.39, 0.29) is 11.7 Å². The van der Waals surface area contributed by atoms with Gasteiger partial charge in [-0.3, -0.25) is 9.69 Å². The third-order valence-corrected chi connectivity index (χ3v) is 5.24. The van der Waals surface area contributed by atoms with E-state index < -0.39 is 0 Å². The van der Waals surface area contributed by atoms with Crippen LogP contribution in [-0.4, -0.2) is 29.4 Å². The number of thioether (sulfide) groups is 1. The van der Waals surface area contributed by atoms with Crippen LogP contribution >= 0.6 is 23.1 Å². The van der Waals surface area contributed by atoms with Crippen LogP contribution < -0.4 is 4.90 Å². The second kappa shape index (κ2) is 7.74. The molecule has 22 heavy (non-hydrogen) atoms. The zero-order chi connectivity index (χ0) is 16.1. The van der Waals surface area contributed by atoms with Crippen LogP contribution in [0.15, 0.2) is 29.6 Å². The van der Waals surface area contributed by atoms with Crippen molar-refractivity contribution in [3.05, 3.63) is 35.5 Å². The number of hydrogen-bond donors (Lipinski definition) is 0. The molecule has 0 saturated carbocycles. The average Bonchev–Trinajstić information content (AvgIpc) is 2.96. The van der Waals surface area contributed by atoms with Crippen LogP contribution in [0.2, 0.25) is 0 Å². The lowest BCUT2D eigenvalue weighted by molar-refractivity contribution is -0.115. The molecule has 0 saturated heterocycles. The van der Waals surface area contributed by atoms with Crippen molar-refractivity contribution in [3.63, 3.8) is 0 Å². The summed E-state index contributed by atoms with van der Waals surface area (Å²) in [5, 5.41) is 2.54. The fraction of sp³-hybridized carbons (Fsp3) is 0.375. The van der Waals surface area contributed by atoms with E-state index in [2.05, 4.69) is 18.8 Å². The van der Waals surface area contributed by atoms with Crippen molar-refractivity contribution in [1.82, 2.24) is 4.98 Å². The minimum Gasteiger partial charge on any atom is -0.291 e. The summed E-state index contributed by atoms with van der Waals surface area (Å²) in [6.07, 6.45) is 0. The predicted molar refractivity (Wildman–Crippen MR) is 93.1 cm³/mol. The Hall–Kier alpha value is -1.40. The number of carbonyl (C=O) groups is 1. The molecule has 1 heterocycles. The highest BCUT2D eigenvalue weighted by molar-refractivity contribution is 7.99. The van der Waals surface area contributed by atoms with Crippen LogP contribution in [0.4, 0.5) is 9.52 Å². The molecule has 118 valence electrons. The van der Waals surface area contributed by atoms with Crippen LogP contribution in [0, 0.1) is 11.7 Å². The van der Waals surface area contributed by atoms with E-state index in [0.717, 1.165) is 17.0 Å². The number of hydrogen-bond acceptors (Lipinski definition) is 4. The Morgan fingerprint density at radius 3 is 2.68 bits per heavy atom. The summed E-state index contributed by atoms with van der Waals surface area (Å²) in [6, 6.07) is 6.19. The maximum atomic E-state index is 12.9. The number of aromatic nitrogens is 1. The number of rotatable bonds is 6. The van der Waals surface area contributed by atoms with Gasteiger partial charge in [0, 0.05) is 18.0 Å². The maximum absolute atomic E-state index is 12.9. The van der Waals surface area contributed by atoms with E-state index >= 15 is 0 Å². The first-order valence-electron chi connectivity index (χ1n) is 7.03. The smallest absolute Gasteiger partial charge is 0.238 e. The molecule has 0 aliphatic heterocycles. The van der Waals surface area contributed by atoms with Gasteiger partial charge in [0.25, 0.3) is 0 Å². The highest BCUT2D eigenvalue weighted by atomic mass is 32.2. The SMILES string of the molecule is CC(C)CSCC(=O)N(C)c1nc(-c2ccc(F)cc2)cs1. The second-order valence-electron chi connectivity index (χ2n) is 5.38. The standard InChI is InChI=1S/C16H19FN2OS2/c1-11(2)8-21-10-15(20)19(3)16-18-14(9-22-16)12-4-6-13(17)7-5-12/h4-7,9,11H,8,10H2,1-3H3. The van der Waals surface area contributed by atoms with Gasteiger partial charge in [0.15, 0.2) is 5.13 Å². The third kappa shape index (κ3) is 4.55. The van der Waals surface area contributed by atoms with Crippen molar-refractivity contribution in [2.24, 2.45) is 5.92 Å². The molecule has 3 nitrogen and oxygen atoms in total. The maximum Gasteiger partial charge on any atom is 0.238 e. The molecule has 0 N–H and O–H groups in total. The lowest BCUT2D eigenvalue weighted by Crippen LogP contribution is -2.28. The normalized spacial score (nSPS) is 11.0. The number of amides is 1. The highest BCUT2D eigenvalue weighted by Gasteiger charge is 2.15. The monoisotopic (exact) mass is 338 g/mol. The Bertz CT molecular complexity index is 625. The fourth-order valence-corrected chi connectivity index (χ4v) is 3.53. The molecule has 0 aliphatic carbocycles. The molecular formula is C16H19FN2OS2. The van der Waals surface area contributed by atoms with Gasteiger partial charge in [-0.2, -0.15) is 11.8 Å². The topological polar surface area (TPSA) is 33.2 Å². The number of halogens is 1. The molecule has 2 rings (SSSR count). The highest BCUT2D eigenvalue weighted by Crippen LogP contribution is 2.27. The summed E-state index contributed by atoms with van der Waals surface area (Å²) in [6.45, 7) is 4.27. The molecular weight excluding hydrogens is 319 g/mol. The number of thiazole rings is 1. The first-order valence-corrected chi connectivity index (χ1v) is 9.06. The van der Waals surface area contributed by atoms with E-state index in [1.54, 1.807) is 35.8 Å². The van der Waals surface area contributed by atoms with Gasteiger partial charge >= 0.3 is 0 Å². The van der Waals surface area contributed by atoms with Crippen molar-refractivity contribution in [2.75, 3.05) is 23.5 Å². The number of anilines is 1. The van der Waals surface area contributed by atoms with E-state index in [0.29, 0.717) is 16.8 Å². The summed E-state index contributed by atoms with van der Waals surface area (Å²) in [5.41, 5.74) is 1.61. The molecule has 0 atom stereocenters. The van der Waals surface area contributed by atoms with Crippen molar-refractivity contribution in [2.45, 2.75) is 13.8 Å². The first kappa shape index (κ1) is 17.0. The molecule has 2 aromatic rings. The van der Waals surface area contributed by atoms with Crippen LogP contribution in [-0.2, 0) is 4.79 Å². The molecule has 0 aliphatic rings. The number of benzene rings is 1. The van der Waals surface area contributed by atoms with Crippen molar-refractivity contribution in [1.29, 1.82) is 0 Å². The molecule has 1 aromatic carbocycles. The van der Waals surface area contributed by atoms with E-state index in [1.807, 2.05) is 5.38 Å². The van der Waals surface area contributed by atoms with Gasteiger partial charge in [-0.05, 0) is 35.9 Å². The van der Waals surface area contributed by atoms with Gasteiger partial charge in [-0.25, -0.2) is 9.37 Å². The van der Waals surface area contributed by atoms with Crippen LogP contribution in [0.3, 0.4) is 0 Å². The van der Waals surface area contributed by atoms with Gasteiger partial charge in [0.1, 0.15) is 5.82 Å². The first-order chi connectivity index (χ1) is 10.5. The van der Waals surface area contributed by atoms with Gasteiger partial charge < -0.3 is 0 Å². The van der Waals surface area contributed by atoms with E-state index in [9.17, 15) is 9.18 Å². The Balaban J connectivity index is 2.01. The molecule has 0 unspecified atom stereocenters. The molecule has 0 fully saturated rings. The lowest BCUT2D eigenvalue weighted by Gasteiger charge is -2.13. The summed E-state index contributed by atoms with van der Waals surface area (Å²) < 4.78 is 12.9. The zero-order valence-electron chi connectivity index (χ0n) is 12.9. The summed E-state index contributed by atoms with van der Waals surface area (Å²) in [4.78, 5) is 18.2. The molecule has 0 radical (unpaired) electrons. The quantitative estimate of drug-likeness (QED) is 0.787. The van der Waals surface area contributed by atoms with Gasteiger partial charge in [0.05, 0.1) is 11.4 Å². The Morgan fingerprint density at radius 1 is 1.36 bits per heavy atom. The fourth-order valence-electron chi connectivity index (χ4n) is 1.76. The van der Waals surface area contributed by atoms with Crippen LogP contribution in [0.25, 0.3) is 11.3 Å². The van der Waals surface area contributed by atoms with Gasteiger partial charge in [-0.1, -0.05) is 13.8 Å². The largest absolute Gasteiger partial charge is 0.291 e. The summed E-state index contributed by atoms with van der Waals surface area (Å²) >= 11 is 3.06. The van der Waals surface area contributed by atoms with Crippen LogP contribution in [0.5, 0.6) is 0 Å². The van der Waals surface area contributed by atoms with E-state index in [1.165, 1.54) is 23.5 Å². The molecule has 0 bridgehead atoms. The number of nitrogens with zero attached hydrogens (tertiary/aromatic N) is 2. The minimum absolute atomic E-state index is 0.0469. The number of carbonyl (C=O) groups excluding carboxylic acids is 1. The predicted octanol–water partition coefficient (Wildman–Crippen LogP) is 4.30. The molecule has 0 spiro atoms. The van der Waals surface area contributed by atoms with Gasteiger partial charge in [0.2, 0.25) is 5.91 Å². The minimum atomic E-state index is -0.270. The molecule has 1 amide bonds.